The first-order chi connectivity index (χ1) is 17.4. The molecule has 2 aliphatic heterocycles. The Morgan fingerprint density at radius 3 is 2.69 bits per heavy atom. The summed E-state index contributed by atoms with van der Waals surface area (Å²) in [6.07, 6.45) is 0.633. The van der Waals surface area contributed by atoms with Crippen LogP contribution in [-0.4, -0.2) is 41.4 Å². The minimum absolute atomic E-state index is 0.212. The van der Waals surface area contributed by atoms with Gasteiger partial charge < -0.3 is 19.9 Å². The number of H-pyrrole nitrogens is 1. The summed E-state index contributed by atoms with van der Waals surface area (Å²) in [6, 6.07) is 15.9. The summed E-state index contributed by atoms with van der Waals surface area (Å²) in [5.74, 6) is 0.213. The number of imide groups is 1. The van der Waals surface area contributed by atoms with Gasteiger partial charge in [0.2, 0.25) is 0 Å². The molecular formula is C27H24N4O4S. The Labute approximate surface area is 211 Å². The average molecular weight is 501 g/mol. The molecule has 2 aromatic carbocycles. The van der Waals surface area contributed by atoms with E-state index in [1.165, 1.54) is 4.90 Å². The molecule has 0 aliphatic carbocycles. The summed E-state index contributed by atoms with van der Waals surface area (Å²) in [5, 5.41) is 5.85. The van der Waals surface area contributed by atoms with Crippen molar-refractivity contribution in [2.45, 2.75) is 25.4 Å². The molecule has 6 rings (SSSR count). The zero-order valence-corrected chi connectivity index (χ0v) is 20.6. The van der Waals surface area contributed by atoms with E-state index >= 15 is 0 Å². The lowest BCUT2D eigenvalue weighted by Crippen LogP contribution is -2.49. The molecule has 36 heavy (non-hydrogen) atoms. The highest BCUT2D eigenvalue weighted by Gasteiger charge is 2.59. The van der Waals surface area contributed by atoms with Crippen molar-refractivity contribution >= 4 is 45.8 Å². The maximum absolute atomic E-state index is 13.8. The number of thiophene rings is 1. The number of nitrogens with one attached hydrogen (secondary N) is 2. The molecule has 4 aromatic rings. The van der Waals surface area contributed by atoms with E-state index in [2.05, 4.69) is 10.3 Å². The molecule has 0 saturated carbocycles. The molecule has 182 valence electrons. The smallest absolute Gasteiger partial charge is 0.332 e. The van der Waals surface area contributed by atoms with E-state index in [0.717, 1.165) is 32.8 Å². The average Bonchev–Trinajstić information content (AvgIpc) is 3.59. The van der Waals surface area contributed by atoms with Crippen molar-refractivity contribution in [3.63, 3.8) is 0 Å². The molecule has 8 nitrogen and oxygen atoms in total. The van der Waals surface area contributed by atoms with Crippen molar-refractivity contribution < 1.29 is 19.1 Å². The van der Waals surface area contributed by atoms with Crippen molar-refractivity contribution in [1.82, 2.24) is 15.2 Å². The second-order valence-corrected chi connectivity index (χ2v) is 10.1. The first kappa shape index (κ1) is 22.4. The molecule has 2 N–H and O–H groups in total. The summed E-state index contributed by atoms with van der Waals surface area (Å²) in [5.41, 5.74) is 2.43. The van der Waals surface area contributed by atoms with Crippen LogP contribution in [0.2, 0.25) is 0 Å². The van der Waals surface area contributed by atoms with E-state index in [9.17, 15) is 14.4 Å². The van der Waals surface area contributed by atoms with Crippen LogP contribution in [0.25, 0.3) is 10.9 Å². The van der Waals surface area contributed by atoms with Crippen LogP contribution < -0.4 is 15.0 Å². The van der Waals surface area contributed by atoms with Crippen molar-refractivity contribution in [1.29, 1.82) is 0 Å². The number of urea groups is 1. The van der Waals surface area contributed by atoms with Gasteiger partial charge in [0.25, 0.3) is 11.8 Å². The fraction of sp³-hybridized carbons (Fsp3) is 0.222. The van der Waals surface area contributed by atoms with Crippen molar-refractivity contribution in [3.05, 3.63) is 81.7 Å². The molecule has 1 atom stereocenters. The summed E-state index contributed by atoms with van der Waals surface area (Å²) < 4.78 is 5.39. The number of anilines is 1. The van der Waals surface area contributed by atoms with Gasteiger partial charge in [-0.25, -0.2) is 9.69 Å². The number of carbonyl (C=O) groups is 3. The number of carbonyl (C=O) groups excluding carboxylic acids is 3. The lowest BCUT2D eigenvalue weighted by atomic mass is 9.87. The Balaban J connectivity index is 1.29. The Bertz CT molecular complexity index is 1510. The third-order valence-electron chi connectivity index (χ3n) is 7.16. The number of hydrogen-bond donors (Lipinski definition) is 2. The fourth-order valence-electron chi connectivity index (χ4n) is 5.22. The first-order valence-electron chi connectivity index (χ1n) is 11.7. The van der Waals surface area contributed by atoms with Crippen molar-refractivity contribution in [3.8, 4) is 5.75 Å². The third kappa shape index (κ3) is 3.23. The van der Waals surface area contributed by atoms with Gasteiger partial charge >= 0.3 is 6.03 Å². The van der Waals surface area contributed by atoms with Crippen molar-refractivity contribution in [2.24, 2.45) is 0 Å². The maximum Gasteiger partial charge on any atom is 0.332 e. The van der Waals surface area contributed by atoms with E-state index in [1.807, 2.05) is 35.7 Å². The molecule has 1 unspecified atom stereocenters. The summed E-state index contributed by atoms with van der Waals surface area (Å²) in [7, 11) is 1.62. The van der Waals surface area contributed by atoms with E-state index in [4.69, 9.17) is 4.74 Å². The molecular weight excluding hydrogens is 476 g/mol. The SMILES string of the molecule is COc1ccc2[nH]c3c(c2c1)CCN1C(=O)N(c2ccc(C(=O)NCc4cccs4)cc2)C(=O)C31C. The quantitative estimate of drug-likeness (QED) is 0.397. The number of benzene rings is 2. The number of rotatable bonds is 5. The molecule has 2 aromatic heterocycles. The van der Waals surface area contributed by atoms with Gasteiger partial charge in [-0.1, -0.05) is 6.07 Å². The second-order valence-electron chi connectivity index (χ2n) is 9.10. The van der Waals surface area contributed by atoms with Gasteiger partial charge in [0, 0.05) is 27.9 Å². The van der Waals surface area contributed by atoms with E-state index in [-0.39, 0.29) is 17.8 Å². The number of ether oxygens (including phenoxy) is 1. The molecule has 9 heteroatoms. The number of aromatic amines is 1. The van der Waals surface area contributed by atoms with Gasteiger partial charge in [0.1, 0.15) is 5.75 Å². The topological polar surface area (TPSA) is 94.7 Å². The monoisotopic (exact) mass is 500 g/mol. The van der Waals surface area contributed by atoms with Crippen LogP contribution in [0.1, 0.15) is 33.4 Å². The highest BCUT2D eigenvalue weighted by atomic mass is 32.1. The minimum atomic E-state index is -1.15. The summed E-state index contributed by atoms with van der Waals surface area (Å²) in [6.45, 7) is 2.68. The molecule has 1 fully saturated rings. The van der Waals surface area contributed by atoms with Crippen LogP contribution in [0.3, 0.4) is 0 Å². The Kier molecular flexibility index (Phi) is 5.11. The lowest BCUT2D eigenvalue weighted by molar-refractivity contribution is -0.125. The number of methoxy groups -OCH3 is 1. The van der Waals surface area contributed by atoms with E-state index in [1.54, 1.807) is 54.5 Å². The Morgan fingerprint density at radius 1 is 1.17 bits per heavy atom. The summed E-state index contributed by atoms with van der Waals surface area (Å²) in [4.78, 5) is 47.1. The fourth-order valence-corrected chi connectivity index (χ4v) is 5.86. The predicted molar refractivity (Wildman–Crippen MR) is 137 cm³/mol. The van der Waals surface area contributed by atoms with Crippen LogP contribution in [0, 0.1) is 0 Å². The van der Waals surface area contributed by atoms with Gasteiger partial charge in [-0.3, -0.25) is 9.59 Å². The van der Waals surface area contributed by atoms with Crippen LogP contribution >= 0.6 is 11.3 Å². The van der Waals surface area contributed by atoms with Gasteiger partial charge in [0.15, 0.2) is 5.54 Å². The van der Waals surface area contributed by atoms with Crippen molar-refractivity contribution in [2.75, 3.05) is 18.6 Å². The van der Waals surface area contributed by atoms with Gasteiger partial charge in [-0.2, -0.15) is 0 Å². The number of nitrogens with zero attached hydrogens (tertiary/aromatic N) is 2. The number of aromatic nitrogens is 1. The highest BCUT2D eigenvalue weighted by Crippen LogP contribution is 2.45. The van der Waals surface area contributed by atoms with Crippen LogP contribution in [0.4, 0.5) is 10.5 Å². The molecule has 4 amide bonds. The normalized spacial score (nSPS) is 18.9. The standard InChI is InChI=1S/C27H24N4O4S/c1-27-23-20(21-14-18(35-2)9-10-22(21)29-23)11-12-30(27)26(34)31(25(27)33)17-7-5-16(6-8-17)24(32)28-15-19-4-3-13-36-19/h3-10,13-14,29H,11-12,15H2,1-2H3,(H,28,32). The van der Waals surface area contributed by atoms with E-state index < -0.39 is 5.54 Å². The first-order valence-corrected chi connectivity index (χ1v) is 12.6. The number of hydrogen-bond acceptors (Lipinski definition) is 5. The molecule has 2 aliphatic rings. The minimum Gasteiger partial charge on any atom is -0.497 e. The van der Waals surface area contributed by atoms with Gasteiger partial charge in [0.05, 0.1) is 25.0 Å². The zero-order valence-electron chi connectivity index (χ0n) is 19.8. The Hall–Kier alpha value is -4.11. The molecule has 1 saturated heterocycles. The van der Waals surface area contributed by atoms with Crippen LogP contribution in [0.15, 0.2) is 60.0 Å². The van der Waals surface area contributed by atoms with Crippen LogP contribution in [-0.2, 0) is 23.3 Å². The molecule has 4 heterocycles. The van der Waals surface area contributed by atoms with Gasteiger partial charge in [-0.15, -0.1) is 11.3 Å². The molecule has 0 radical (unpaired) electrons. The molecule has 0 bridgehead atoms. The number of amides is 4. The lowest BCUT2D eigenvalue weighted by Gasteiger charge is -2.35. The Morgan fingerprint density at radius 2 is 1.97 bits per heavy atom. The van der Waals surface area contributed by atoms with Crippen LogP contribution in [0.5, 0.6) is 5.75 Å². The van der Waals surface area contributed by atoms with E-state index in [0.29, 0.717) is 30.8 Å². The predicted octanol–water partition coefficient (Wildman–Crippen LogP) is 4.41. The number of fused-ring (bicyclic) bond motifs is 5. The maximum atomic E-state index is 13.8. The second kappa shape index (κ2) is 8.23. The zero-order chi connectivity index (χ0) is 25.0. The van der Waals surface area contributed by atoms with Gasteiger partial charge in [-0.05, 0) is 72.8 Å². The largest absolute Gasteiger partial charge is 0.497 e. The summed E-state index contributed by atoms with van der Waals surface area (Å²) >= 11 is 1.58. The molecule has 0 spiro atoms. The highest BCUT2D eigenvalue weighted by molar-refractivity contribution is 7.09. The third-order valence-corrected chi connectivity index (χ3v) is 8.03.